The van der Waals surface area contributed by atoms with E-state index in [4.69, 9.17) is 17.3 Å². The Morgan fingerprint density at radius 2 is 1.95 bits per heavy atom. The average molecular weight is 326 g/mol. The van der Waals surface area contributed by atoms with E-state index >= 15 is 0 Å². The van der Waals surface area contributed by atoms with E-state index in [-0.39, 0.29) is 10.6 Å². The summed E-state index contributed by atoms with van der Waals surface area (Å²) in [6.07, 6.45) is 3.94. The van der Waals surface area contributed by atoms with Gasteiger partial charge in [-0.3, -0.25) is 4.98 Å². The Labute approximate surface area is 129 Å². The molecule has 0 aliphatic rings. The summed E-state index contributed by atoms with van der Waals surface area (Å²) in [6, 6.07) is 6.63. The number of hydrogen-bond acceptors (Lipinski definition) is 4. The molecule has 0 aliphatic carbocycles. The van der Waals surface area contributed by atoms with E-state index in [1.165, 1.54) is 6.07 Å². The minimum absolute atomic E-state index is 0.152. The number of nitrogen functional groups attached to an aromatic ring is 1. The number of aryl methyl sites for hydroxylation is 1. The molecule has 5 nitrogen and oxygen atoms in total. The Kier molecular flexibility index (Phi) is 4.82. The molecule has 0 unspecified atom stereocenters. The molecule has 3 N–H and O–H groups in total. The molecule has 0 bridgehead atoms. The maximum absolute atomic E-state index is 12.3. The van der Waals surface area contributed by atoms with Crippen molar-refractivity contribution in [1.82, 2.24) is 9.71 Å². The highest BCUT2D eigenvalue weighted by molar-refractivity contribution is 7.89. The molecule has 1 aromatic carbocycles. The zero-order valence-electron chi connectivity index (χ0n) is 11.5. The molecule has 1 heterocycles. The number of aromatic nitrogens is 1. The first-order valence-corrected chi connectivity index (χ1v) is 8.20. The third kappa shape index (κ3) is 3.93. The van der Waals surface area contributed by atoms with Crippen LogP contribution in [-0.4, -0.2) is 19.9 Å². The van der Waals surface area contributed by atoms with Gasteiger partial charge in [0.05, 0.1) is 15.6 Å². The molecule has 21 heavy (non-hydrogen) atoms. The van der Waals surface area contributed by atoms with E-state index in [1.54, 1.807) is 25.4 Å². The van der Waals surface area contributed by atoms with Crippen molar-refractivity contribution in [3.8, 4) is 0 Å². The Bertz CT molecular complexity index is 733. The van der Waals surface area contributed by atoms with Crippen LogP contribution in [0, 0.1) is 6.92 Å². The SMILES string of the molecule is Cc1cc(Cl)c(N)cc1S(=O)(=O)NCCc1ccncc1. The molecule has 112 valence electrons. The predicted octanol–water partition coefficient (Wildman–Crippen LogP) is 2.15. The van der Waals surface area contributed by atoms with Crippen LogP contribution >= 0.6 is 11.6 Å². The van der Waals surface area contributed by atoms with E-state index in [0.29, 0.717) is 23.6 Å². The van der Waals surface area contributed by atoms with E-state index in [0.717, 1.165) is 5.56 Å². The molecular weight excluding hydrogens is 310 g/mol. The fraction of sp³-hybridized carbons (Fsp3) is 0.214. The van der Waals surface area contributed by atoms with Crippen LogP contribution < -0.4 is 10.5 Å². The van der Waals surface area contributed by atoms with Gasteiger partial charge in [0.15, 0.2) is 0 Å². The molecule has 0 saturated carbocycles. The summed E-state index contributed by atoms with van der Waals surface area (Å²) in [5, 5.41) is 0.350. The lowest BCUT2D eigenvalue weighted by atomic mass is 10.2. The third-order valence-corrected chi connectivity index (χ3v) is 4.97. The minimum atomic E-state index is -3.60. The fourth-order valence-electron chi connectivity index (χ4n) is 1.92. The molecule has 0 saturated heterocycles. The summed E-state index contributed by atoms with van der Waals surface area (Å²) in [4.78, 5) is 4.07. The van der Waals surface area contributed by atoms with Crippen molar-refractivity contribution in [2.75, 3.05) is 12.3 Å². The van der Waals surface area contributed by atoms with Crippen molar-refractivity contribution in [2.24, 2.45) is 0 Å². The van der Waals surface area contributed by atoms with Gasteiger partial charge in [0.1, 0.15) is 0 Å². The summed E-state index contributed by atoms with van der Waals surface area (Å²) >= 11 is 5.87. The number of sulfonamides is 1. The minimum Gasteiger partial charge on any atom is -0.397 e. The summed E-state index contributed by atoms with van der Waals surface area (Å²) in [5.74, 6) is 0. The van der Waals surface area contributed by atoms with Gasteiger partial charge in [-0.05, 0) is 48.7 Å². The van der Waals surface area contributed by atoms with Gasteiger partial charge in [-0.1, -0.05) is 11.6 Å². The molecule has 2 aromatic rings. The molecule has 0 fully saturated rings. The molecule has 0 aliphatic heterocycles. The van der Waals surface area contributed by atoms with Crippen LogP contribution in [-0.2, 0) is 16.4 Å². The quantitative estimate of drug-likeness (QED) is 0.825. The van der Waals surface area contributed by atoms with Gasteiger partial charge < -0.3 is 5.73 Å². The Morgan fingerprint density at radius 1 is 1.29 bits per heavy atom. The second-order valence-corrected chi connectivity index (χ2v) is 6.79. The van der Waals surface area contributed by atoms with Gasteiger partial charge in [-0.15, -0.1) is 0 Å². The number of rotatable bonds is 5. The zero-order valence-corrected chi connectivity index (χ0v) is 13.1. The molecule has 0 atom stereocenters. The van der Waals surface area contributed by atoms with Gasteiger partial charge in [-0.2, -0.15) is 0 Å². The summed E-state index contributed by atoms with van der Waals surface area (Å²) in [5.41, 5.74) is 7.50. The van der Waals surface area contributed by atoms with Crippen LogP contribution in [0.2, 0.25) is 5.02 Å². The average Bonchev–Trinajstić information content (AvgIpc) is 2.43. The fourth-order valence-corrected chi connectivity index (χ4v) is 3.42. The van der Waals surface area contributed by atoms with Crippen molar-refractivity contribution in [3.63, 3.8) is 0 Å². The number of hydrogen-bond donors (Lipinski definition) is 2. The highest BCUT2D eigenvalue weighted by Crippen LogP contribution is 2.26. The van der Waals surface area contributed by atoms with Crippen LogP contribution in [0.3, 0.4) is 0 Å². The maximum Gasteiger partial charge on any atom is 0.240 e. The second-order valence-electron chi connectivity index (χ2n) is 4.64. The summed E-state index contributed by atoms with van der Waals surface area (Å²) < 4.78 is 27.1. The van der Waals surface area contributed by atoms with Gasteiger partial charge in [-0.25, -0.2) is 13.1 Å². The highest BCUT2D eigenvalue weighted by atomic mass is 35.5. The Balaban J connectivity index is 2.10. The third-order valence-electron chi connectivity index (χ3n) is 3.04. The number of anilines is 1. The Morgan fingerprint density at radius 3 is 2.62 bits per heavy atom. The first-order chi connectivity index (χ1) is 9.90. The van der Waals surface area contributed by atoms with Crippen LogP contribution in [0.4, 0.5) is 5.69 Å². The van der Waals surface area contributed by atoms with E-state index < -0.39 is 10.0 Å². The molecule has 1 aromatic heterocycles. The van der Waals surface area contributed by atoms with E-state index in [2.05, 4.69) is 9.71 Å². The number of nitrogens with one attached hydrogen (secondary N) is 1. The van der Waals surface area contributed by atoms with Gasteiger partial charge in [0.2, 0.25) is 10.0 Å². The largest absolute Gasteiger partial charge is 0.397 e. The first kappa shape index (κ1) is 15.8. The molecule has 0 spiro atoms. The van der Waals surface area contributed by atoms with E-state index in [1.807, 2.05) is 12.1 Å². The van der Waals surface area contributed by atoms with Gasteiger partial charge in [0, 0.05) is 18.9 Å². The van der Waals surface area contributed by atoms with E-state index in [9.17, 15) is 8.42 Å². The first-order valence-electron chi connectivity index (χ1n) is 6.34. The lowest BCUT2D eigenvalue weighted by molar-refractivity contribution is 0.581. The van der Waals surface area contributed by atoms with Gasteiger partial charge >= 0.3 is 0 Å². The van der Waals surface area contributed by atoms with Crippen molar-refractivity contribution in [2.45, 2.75) is 18.2 Å². The number of pyridine rings is 1. The highest BCUT2D eigenvalue weighted by Gasteiger charge is 2.17. The van der Waals surface area contributed by atoms with Crippen molar-refractivity contribution >= 4 is 27.3 Å². The van der Waals surface area contributed by atoms with Crippen molar-refractivity contribution in [3.05, 3.63) is 52.8 Å². The number of benzene rings is 1. The number of halogens is 1. The number of nitrogens with zero attached hydrogens (tertiary/aromatic N) is 1. The smallest absolute Gasteiger partial charge is 0.240 e. The van der Waals surface area contributed by atoms with Crippen LogP contribution in [0.15, 0.2) is 41.6 Å². The zero-order chi connectivity index (χ0) is 15.5. The molecule has 2 rings (SSSR count). The molecule has 0 amide bonds. The van der Waals surface area contributed by atoms with Crippen molar-refractivity contribution in [1.29, 1.82) is 0 Å². The van der Waals surface area contributed by atoms with Crippen LogP contribution in [0.1, 0.15) is 11.1 Å². The molecule has 7 heteroatoms. The maximum atomic E-state index is 12.3. The van der Waals surface area contributed by atoms with Crippen LogP contribution in [0.5, 0.6) is 0 Å². The Hall–Kier alpha value is -1.63. The topological polar surface area (TPSA) is 85.1 Å². The summed E-state index contributed by atoms with van der Waals surface area (Å²) in [6.45, 7) is 1.98. The van der Waals surface area contributed by atoms with Crippen molar-refractivity contribution < 1.29 is 8.42 Å². The number of nitrogens with two attached hydrogens (primary N) is 1. The normalized spacial score (nSPS) is 11.5. The monoisotopic (exact) mass is 325 g/mol. The lowest BCUT2D eigenvalue weighted by Gasteiger charge is -2.11. The molecular formula is C14H16ClN3O2S. The molecule has 0 radical (unpaired) electrons. The second kappa shape index (κ2) is 6.43. The van der Waals surface area contributed by atoms with Gasteiger partial charge in [0.25, 0.3) is 0 Å². The predicted molar refractivity (Wildman–Crippen MR) is 83.7 cm³/mol. The summed E-state index contributed by atoms with van der Waals surface area (Å²) in [7, 11) is -3.60. The van der Waals surface area contributed by atoms with Crippen LogP contribution in [0.25, 0.3) is 0 Å². The lowest BCUT2D eigenvalue weighted by Crippen LogP contribution is -2.26. The standard InChI is InChI=1S/C14H16ClN3O2S/c1-10-8-12(15)13(16)9-14(10)21(19,20)18-7-4-11-2-5-17-6-3-11/h2-3,5-6,8-9,18H,4,7,16H2,1H3.